The summed E-state index contributed by atoms with van der Waals surface area (Å²) in [7, 11) is 0. The number of nitrogens with one attached hydrogen (secondary N) is 1. The van der Waals surface area contributed by atoms with E-state index in [1.54, 1.807) is 13.8 Å². The minimum absolute atomic E-state index is 0.117. The van der Waals surface area contributed by atoms with E-state index in [9.17, 15) is 9.59 Å². The number of ether oxygens (including phenoxy) is 1. The molecular formula is C10H17NO4. The maximum atomic E-state index is 11.6. The molecule has 0 bridgehead atoms. The first-order valence-corrected chi connectivity index (χ1v) is 5.13. The zero-order valence-corrected chi connectivity index (χ0v) is 9.03. The van der Waals surface area contributed by atoms with Crippen LogP contribution < -0.4 is 5.32 Å². The molecule has 0 radical (unpaired) electrons. The highest BCUT2D eigenvalue weighted by Gasteiger charge is 2.29. The Morgan fingerprint density at radius 3 is 2.53 bits per heavy atom. The van der Waals surface area contributed by atoms with E-state index in [0.717, 1.165) is 0 Å². The van der Waals surface area contributed by atoms with Gasteiger partial charge < -0.3 is 15.2 Å². The molecule has 0 aliphatic carbocycles. The lowest BCUT2D eigenvalue weighted by atomic mass is 10.0. The van der Waals surface area contributed by atoms with Gasteiger partial charge in [-0.1, -0.05) is 13.8 Å². The van der Waals surface area contributed by atoms with Crippen molar-refractivity contribution in [2.75, 3.05) is 13.2 Å². The molecule has 0 aromatic heterocycles. The van der Waals surface area contributed by atoms with Crippen LogP contribution >= 0.6 is 0 Å². The van der Waals surface area contributed by atoms with Crippen LogP contribution in [0.1, 0.15) is 20.3 Å². The van der Waals surface area contributed by atoms with E-state index >= 15 is 0 Å². The molecule has 1 amide bonds. The summed E-state index contributed by atoms with van der Waals surface area (Å²) in [4.78, 5) is 22.5. The minimum atomic E-state index is -0.989. The number of amides is 1. The second-order valence-electron chi connectivity index (χ2n) is 4.13. The summed E-state index contributed by atoms with van der Waals surface area (Å²) in [6.07, 6.45) is 0.677. The quantitative estimate of drug-likeness (QED) is 0.704. The van der Waals surface area contributed by atoms with Crippen molar-refractivity contribution in [3.05, 3.63) is 0 Å². The van der Waals surface area contributed by atoms with E-state index in [1.807, 2.05) is 0 Å². The van der Waals surface area contributed by atoms with Crippen LogP contribution in [0, 0.1) is 11.8 Å². The lowest BCUT2D eigenvalue weighted by molar-refractivity contribution is -0.143. The van der Waals surface area contributed by atoms with Gasteiger partial charge in [0.05, 0.1) is 12.5 Å². The van der Waals surface area contributed by atoms with Crippen LogP contribution in [0.5, 0.6) is 0 Å². The monoisotopic (exact) mass is 215 g/mol. The summed E-state index contributed by atoms with van der Waals surface area (Å²) < 4.78 is 5.07. The first-order chi connectivity index (χ1) is 7.02. The van der Waals surface area contributed by atoms with E-state index in [-0.39, 0.29) is 17.7 Å². The first kappa shape index (κ1) is 12.0. The van der Waals surface area contributed by atoms with Crippen molar-refractivity contribution in [1.29, 1.82) is 0 Å². The molecule has 0 aromatic carbocycles. The van der Waals surface area contributed by atoms with Gasteiger partial charge in [0.25, 0.3) is 0 Å². The third kappa shape index (κ3) is 3.20. The van der Waals surface area contributed by atoms with E-state index in [1.165, 1.54) is 0 Å². The van der Waals surface area contributed by atoms with E-state index in [4.69, 9.17) is 9.84 Å². The Morgan fingerprint density at radius 2 is 2.13 bits per heavy atom. The molecule has 2 N–H and O–H groups in total. The predicted molar refractivity (Wildman–Crippen MR) is 53.3 cm³/mol. The Kier molecular flexibility index (Phi) is 4.08. The molecule has 2 atom stereocenters. The smallest absolute Gasteiger partial charge is 0.326 e. The lowest BCUT2D eigenvalue weighted by Crippen LogP contribution is -2.46. The molecule has 1 rings (SSSR count). The second-order valence-corrected chi connectivity index (χ2v) is 4.13. The Hall–Kier alpha value is -1.10. The number of carboxylic acid groups (broad SMARTS) is 1. The van der Waals surface area contributed by atoms with Crippen molar-refractivity contribution in [2.24, 2.45) is 11.8 Å². The van der Waals surface area contributed by atoms with Crippen LogP contribution in [0.15, 0.2) is 0 Å². The molecule has 1 aliphatic rings. The van der Waals surface area contributed by atoms with E-state index in [0.29, 0.717) is 19.6 Å². The SMILES string of the molecule is CC(C)[C@H](NC(=O)C1CCOC1)C(=O)O. The molecule has 1 aliphatic heterocycles. The van der Waals surface area contributed by atoms with Gasteiger partial charge in [0.2, 0.25) is 5.91 Å². The molecule has 86 valence electrons. The Balaban J connectivity index is 2.50. The number of hydrogen-bond acceptors (Lipinski definition) is 3. The number of aliphatic carboxylic acids is 1. The molecule has 5 nitrogen and oxygen atoms in total. The largest absolute Gasteiger partial charge is 0.480 e. The standard InChI is InChI=1S/C10H17NO4/c1-6(2)8(10(13)14)11-9(12)7-3-4-15-5-7/h6-8H,3-5H2,1-2H3,(H,11,12)(H,13,14)/t7?,8-/m0/s1. The fourth-order valence-electron chi connectivity index (χ4n) is 1.53. The van der Waals surface area contributed by atoms with Crippen LogP contribution in [0.2, 0.25) is 0 Å². The molecule has 1 fully saturated rings. The first-order valence-electron chi connectivity index (χ1n) is 5.13. The molecule has 1 saturated heterocycles. The van der Waals surface area contributed by atoms with Crippen LogP contribution in [-0.2, 0) is 14.3 Å². The van der Waals surface area contributed by atoms with Crippen LogP contribution in [0.3, 0.4) is 0 Å². The number of carbonyl (C=O) groups is 2. The number of carbonyl (C=O) groups excluding carboxylic acids is 1. The van der Waals surface area contributed by atoms with E-state index < -0.39 is 12.0 Å². The Morgan fingerprint density at radius 1 is 1.47 bits per heavy atom. The Labute approximate surface area is 88.8 Å². The second kappa shape index (κ2) is 5.11. The molecule has 0 saturated carbocycles. The van der Waals surface area contributed by atoms with Crippen LogP contribution in [0.4, 0.5) is 0 Å². The van der Waals surface area contributed by atoms with Crippen molar-refractivity contribution in [2.45, 2.75) is 26.3 Å². The molecule has 1 unspecified atom stereocenters. The average Bonchev–Trinajstić information content (AvgIpc) is 2.65. The van der Waals surface area contributed by atoms with Crippen molar-refractivity contribution in [3.8, 4) is 0 Å². The molecule has 1 heterocycles. The Bertz CT molecular complexity index is 246. The zero-order valence-electron chi connectivity index (χ0n) is 9.03. The summed E-state index contributed by atoms with van der Waals surface area (Å²) in [5, 5.41) is 11.4. The van der Waals surface area contributed by atoms with Gasteiger partial charge in [-0.25, -0.2) is 4.79 Å². The van der Waals surface area contributed by atoms with Crippen molar-refractivity contribution in [1.82, 2.24) is 5.32 Å². The van der Waals surface area contributed by atoms with Crippen molar-refractivity contribution < 1.29 is 19.4 Å². The number of hydrogen-bond donors (Lipinski definition) is 2. The zero-order chi connectivity index (χ0) is 11.4. The highest BCUT2D eigenvalue weighted by molar-refractivity contribution is 5.85. The molecule has 0 aromatic rings. The number of carboxylic acids is 1. The van der Waals surface area contributed by atoms with Gasteiger partial charge in [0.15, 0.2) is 0 Å². The summed E-state index contributed by atoms with van der Waals surface area (Å²) in [5.74, 6) is -1.51. The molecule has 0 spiro atoms. The van der Waals surface area contributed by atoms with Gasteiger partial charge in [-0.3, -0.25) is 4.79 Å². The topological polar surface area (TPSA) is 75.6 Å². The fourth-order valence-corrected chi connectivity index (χ4v) is 1.53. The normalized spacial score (nSPS) is 22.7. The van der Waals surface area contributed by atoms with Gasteiger partial charge in [-0.05, 0) is 12.3 Å². The van der Waals surface area contributed by atoms with Crippen LogP contribution in [0.25, 0.3) is 0 Å². The van der Waals surface area contributed by atoms with Gasteiger partial charge in [-0.2, -0.15) is 0 Å². The minimum Gasteiger partial charge on any atom is -0.480 e. The highest BCUT2D eigenvalue weighted by Crippen LogP contribution is 2.13. The molecule has 15 heavy (non-hydrogen) atoms. The molecule has 5 heteroatoms. The van der Waals surface area contributed by atoms with Crippen molar-refractivity contribution in [3.63, 3.8) is 0 Å². The van der Waals surface area contributed by atoms with Gasteiger partial charge in [0, 0.05) is 6.61 Å². The third-order valence-electron chi connectivity index (χ3n) is 2.53. The van der Waals surface area contributed by atoms with Gasteiger partial charge in [-0.15, -0.1) is 0 Å². The summed E-state index contributed by atoms with van der Waals surface area (Å²) in [6.45, 7) is 4.52. The van der Waals surface area contributed by atoms with Crippen LogP contribution in [-0.4, -0.2) is 36.2 Å². The fraction of sp³-hybridized carbons (Fsp3) is 0.800. The maximum Gasteiger partial charge on any atom is 0.326 e. The van der Waals surface area contributed by atoms with Crippen molar-refractivity contribution >= 4 is 11.9 Å². The summed E-state index contributed by atoms with van der Waals surface area (Å²) in [5.41, 5.74) is 0. The van der Waals surface area contributed by atoms with Gasteiger partial charge >= 0.3 is 5.97 Å². The van der Waals surface area contributed by atoms with Gasteiger partial charge in [0.1, 0.15) is 6.04 Å². The molecular weight excluding hydrogens is 198 g/mol. The number of rotatable bonds is 4. The maximum absolute atomic E-state index is 11.6. The highest BCUT2D eigenvalue weighted by atomic mass is 16.5. The average molecular weight is 215 g/mol. The predicted octanol–water partition coefficient (Wildman–Crippen LogP) is 0.248. The summed E-state index contributed by atoms with van der Waals surface area (Å²) in [6, 6.07) is -0.807. The summed E-state index contributed by atoms with van der Waals surface area (Å²) >= 11 is 0. The lowest BCUT2D eigenvalue weighted by Gasteiger charge is -2.19. The third-order valence-corrected chi connectivity index (χ3v) is 2.53. The van der Waals surface area contributed by atoms with E-state index in [2.05, 4.69) is 5.32 Å².